The molecule has 1 aliphatic carbocycles. The van der Waals surface area contributed by atoms with Gasteiger partial charge in [0.1, 0.15) is 5.75 Å². The van der Waals surface area contributed by atoms with E-state index < -0.39 is 0 Å². The quantitative estimate of drug-likeness (QED) is 0.630. The number of nitrogens with zero attached hydrogens (tertiary/aromatic N) is 2. The summed E-state index contributed by atoms with van der Waals surface area (Å²) in [5, 5.41) is 15.2. The molecule has 0 radical (unpaired) electrons. The largest absolute Gasteiger partial charge is 0.495 e. The molecule has 146 valence electrons. The Morgan fingerprint density at radius 2 is 2.07 bits per heavy atom. The number of hydrogen-bond acceptors (Lipinski definition) is 7. The van der Waals surface area contributed by atoms with E-state index in [9.17, 15) is 4.79 Å². The summed E-state index contributed by atoms with van der Waals surface area (Å²) in [6, 6.07) is 7.66. The Morgan fingerprint density at radius 1 is 1.30 bits per heavy atom. The first-order valence-corrected chi connectivity index (χ1v) is 11.0. The van der Waals surface area contributed by atoms with Crippen molar-refractivity contribution in [3.63, 3.8) is 0 Å². The molecule has 1 aromatic carbocycles. The van der Waals surface area contributed by atoms with Crippen LogP contribution in [0, 0.1) is 5.92 Å². The maximum atomic E-state index is 12.4. The fourth-order valence-corrected chi connectivity index (χ4v) is 5.09. The summed E-state index contributed by atoms with van der Waals surface area (Å²) in [5.74, 6) is 1.45. The molecule has 8 heteroatoms. The summed E-state index contributed by atoms with van der Waals surface area (Å²) in [6.07, 6.45) is 6.38. The lowest BCUT2D eigenvalue weighted by Gasteiger charge is -2.22. The molecule has 1 aromatic heterocycles. The Balaban J connectivity index is 1.49. The van der Waals surface area contributed by atoms with Gasteiger partial charge in [-0.15, -0.1) is 10.2 Å². The molecule has 1 heterocycles. The molecule has 3 rings (SSSR count). The van der Waals surface area contributed by atoms with Crippen molar-refractivity contribution >= 4 is 39.8 Å². The third-order valence-electron chi connectivity index (χ3n) is 4.69. The minimum atomic E-state index is -0.194. The zero-order chi connectivity index (χ0) is 19.1. The van der Waals surface area contributed by atoms with Crippen molar-refractivity contribution in [2.24, 2.45) is 5.92 Å². The predicted molar refractivity (Wildman–Crippen MR) is 111 cm³/mol. The van der Waals surface area contributed by atoms with Crippen LogP contribution in [0.3, 0.4) is 0 Å². The molecule has 0 spiro atoms. The molecule has 1 saturated carbocycles. The number of ether oxygens (including phenoxy) is 1. The molecule has 27 heavy (non-hydrogen) atoms. The van der Waals surface area contributed by atoms with Gasteiger partial charge in [0, 0.05) is 6.54 Å². The first-order valence-electron chi connectivity index (χ1n) is 9.33. The van der Waals surface area contributed by atoms with Crippen molar-refractivity contribution < 1.29 is 9.53 Å². The van der Waals surface area contributed by atoms with Gasteiger partial charge in [-0.1, -0.05) is 54.5 Å². The van der Waals surface area contributed by atoms with Crippen LogP contribution in [-0.4, -0.2) is 35.0 Å². The highest BCUT2D eigenvalue weighted by atomic mass is 32.2. The molecule has 1 amide bonds. The van der Waals surface area contributed by atoms with Crippen LogP contribution in [0.2, 0.25) is 0 Å². The molecule has 1 aliphatic rings. The Morgan fingerprint density at radius 3 is 2.85 bits per heavy atom. The van der Waals surface area contributed by atoms with Crippen molar-refractivity contribution in [2.75, 3.05) is 19.0 Å². The Bertz CT molecular complexity index is 747. The molecule has 0 bridgehead atoms. The zero-order valence-electron chi connectivity index (χ0n) is 15.7. The van der Waals surface area contributed by atoms with Gasteiger partial charge in [0.2, 0.25) is 11.0 Å². The number of nitrogens with one attached hydrogen (secondary N) is 2. The highest BCUT2D eigenvalue weighted by molar-refractivity contribution is 8.02. The molecular formula is C19H26N4O2S2. The Labute approximate surface area is 168 Å². The summed E-state index contributed by atoms with van der Waals surface area (Å²) in [5.41, 5.74) is 0.839. The van der Waals surface area contributed by atoms with Crippen LogP contribution < -0.4 is 15.4 Å². The summed E-state index contributed by atoms with van der Waals surface area (Å²) < 4.78 is 6.10. The summed E-state index contributed by atoms with van der Waals surface area (Å²) in [6.45, 7) is 2.70. The fourth-order valence-electron chi connectivity index (χ4n) is 3.16. The van der Waals surface area contributed by atoms with Crippen LogP contribution >= 0.6 is 23.1 Å². The van der Waals surface area contributed by atoms with Crippen LogP contribution in [0.25, 0.3) is 0 Å². The molecule has 0 aliphatic heterocycles. The van der Waals surface area contributed by atoms with E-state index in [1.54, 1.807) is 7.11 Å². The van der Waals surface area contributed by atoms with E-state index in [2.05, 4.69) is 20.8 Å². The molecule has 1 atom stereocenters. The Kier molecular flexibility index (Phi) is 7.34. The number of benzene rings is 1. The van der Waals surface area contributed by atoms with E-state index in [1.165, 1.54) is 55.2 Å². The molecule has 2 N–H and O–H groups in total. The van der Waals surface area contributed by atoms with Gasteiger partial charge in [0.25, 0.3) is 0 Å². The monoisotopic (exact) mass is 406 g/mol. The van der Waals surface area contributed by atoms with Crippen molar-refractivity contribution in [1.29, 1.82) is 0 Å². The van der Waals surface area contributed by atoms with Gasteiger partial charge in [0.05, 0.1) is 18.0 Å². The third-order valence-corrected chi connectivity index (χ3v) is 6.71. The van der Waals surface area contributed by atoms with Crippen LogP contribution in [-0.2, 0) is 4.79 Å². The molecule has 2 aromatic rings. The lowest BCUT2D eigenvalue weighted by Crippen LogP contribution is -2.35. The second-order valence-corrected chi connectivity index (χ2v) is 9.27. The highest BCUT2D eigenvalue weighted by Crippen LogP contribution is 2.33. The van der Waals surface area contributed by atoms with E-state index in [-0.39, 0.29) is 11.2 Å². The maximum Gasteiger partial charge on any atom is 0.233 e. The van der Waals surface area contributed by atoms with Gasteiger partial charge in [-0.25, -0.2) is 0 Å². The third kappa shape index (κ3) is 5.84. The van der Waals surface area contributed by atoms with E-state index in [4.69, 9.17) is 4.74 Å². The minimum absolute atomic E-state index is 0.0695. The zero-order valence-corrected chi connectivity index (χ0v) is 17.4. The lowest BCUT2D eigenvalue weighted by atomic mass is 9.89. The number of methoxy groups -OCH3 is 1. The van der Waals surface area contributed by atoms with Crippen LogP contribution in [0.15, 0.2) is 28.6 Å². The SMILES string of the molecule is COc1ccccc1Nc1nnc(SC(C)C(=O)NCC2CCCCC2)s1. The number of anilines is 2. The van der Waals surface area contributed by atoms with Crippen LogP contribution in [0.5, 0.6) is 5.75 Å². The molecule has 1 unspecified atom stereocenters. The van der Waals surface area contributed by atoms with E-state index in [1.807, 2.05) is 31.2 Å². The number of thioether (sulfide) groups is 1. The number of carbonyl (C=O) groups is 1. The summed E-state index contributed by atoms with van der Waals surface area (Å²) in [4.78, 5) is 12.4. The number of carbonyl (C=O) groups excluding carboxylic acids is 1. The normalized spacial score (nSPS) is 15.9. The second kappa shape index (κ2) is 9.94. The maximum absolute atomic E-state index is 12.4. The van der Waals surface area contributed by atoms with Gasteiger partial charge in [-0.05, 0) is 37.8 Å². The predicted octanol–water partition coefficient (Wildman–Crippen LogP) is 4.47. The molecular weight excluding hydrogens is 380 g/mol. The summed E-state index contributed by atoms with van der Waals surface area (Å²) >= 11 is 2.87. The topological polar surface area (TPSA) is 76.1 Å². The van der Waals surface area contributed by atoms with E-state index in [0.717, 1.165) is 22.3 Å². The van der Waals surface area contributed by atoms with Gasteiger partial charge < -0.3 is 15.4 Å². The van der Waals surface area contributed by atoms with Crippen LogP contribution in [0.1, 0.15) is 39.0 Å². The van der Waals surface area contributed by atoms with Crippen molar-refractivity contribution in [2.45, 2.75) is 48.6 Å². The number of hydrogen-bond donors (Lipinski definition) is 2. The standard InChI is InChI=1S/C19H26N4O2S2/c1-13(17(24)20-12-14-8-4-3-5-9-14)26-19-23-22-18(27-19)21-15-10-6-7-11-16(15)25-2/h6-7,10-11,13-14H,3-5,8-9,12H2,1-2H3,(H,20,24)(H,21,22). The van der Waals surface area contributed by atoms with E-state index in [0.29, 0.717) is 11.0 Å². The second-order valence-electron chi connectivity index (χ2n) is 6.71. The molecule has 1 fully saturated rings. The van der Waals surface area contributed by atoms with Gasteiger partial charge >= 0.3 is 0 Å². The summed E-state index contributed by atoms with van der Waals surface area (Å²) in [7, 11) is 1.63. The van der Waals surface area contributed by atoms with Crippen molar-refractivity contribution in [3.8, 4) is 5.75 Å². The van der Waals surface area contributed by atoms with Crippen molar-refractivity contribution in [3.05, 3.63) is 24.3 Å². The van der Waals surface area contributed by atoms with Gasteiger partial charge in [0.15, 0.2) is 4.34 Å². The van der Waals surface area contributed by atoms with E-state index >= 15 is 0 Å². The average molecular weight is 407 g/mol. The molecule has 0 saturated heterocycles. The van der Waals surface area contributed by atoms with Crippen LogP contribution in [0.4, 0.5) is 10.8 Å². The first kappa shape index (κ1) is 19.9. The fraction of sp³-hybridized carbons (Fsp3) is 0.526. The highest BCUT2D eigenvalue weighted by Gasteiger charge is 2.20. The number of aromatic nitrogens is 2. The average Bonchev–Trinajstić information content (AvgIpc) is 3.14. The Hall–Kier alpha value is -1.80. The smallest absolute Gasteiger partial charge is 0.233 e. The van der Waals surface area contributed by atoms with Gasteiger partial charge in [-0.2, -0.15) is 0 Å². The lowest BCUT2D eigenvalue weighted by molar-refractivity contribution is -0.120. The minimum Gasteiger partial charge on any atom is -0.495 e. The number of para-hydroxylation sites is 2. The molecule has 6 nitrogen and oxygen atoms in total. The first-order chi connectivity index (χ1) is 13.2. The van der Waals surface area contributed by atoms with Crippen molar-refractivity contribution in [1.82, 2.24) is 15.5 Å². The number of amides is 1. The number of rotatable bonds is 8. The van der Waals surface area contributed by atoms with Gasteiger partial charge in [-0.3, -0.25) is 4.79 Å².